The van der Waals surface area contributed by atoms with Crippen LogP contribution in [-0.4, -0.2) is 16.0 Å². The zero-order chi connectivity index (χ0) is 14.7. The molecule has 0 aromatic carbocycles. The minimum absolute atomic E-state index is 0.355. The molecule has 2 unspecified atom stereocenters. The molecule has 110 valence electrons. The zero-order valence-electron chi connectivity index (χ0n) is 12.5. The molecule has 0 aliphatic carbocycles. The molecule has 0 fully saturated rings. The first kappa shape index (κ1) is 15.0. The van der Waals surface area contributed by atoms with Gasteiger partial charge in [0.25, 0.3) is 0 Å². The number of fused-ring (bicyclic) bond motifs is 1. The van der Waals surface area contributed by atoms with Crippen LogP contribution in [0.5, 0.6) is 0 Å². The molecule has 0 saturated heterocycles. The fraction of sp³-hybridized carbons (Fsp3) is 0.571. The van der Waals surface area contributed by atoms with Crippen LogP contribution in [0, 0.1) is 5.92 Å². The number of anilines is 2. The lowest BCUT2D eigenvalue weighted by Gasteiger charge is -2.21. The SMILES string of the molecule is CCc1cc2c(NC(C)C(C)CC)nc(NN)nc2s1. The Morgan fingerprint density at radius 2 is 2.05 bits per heavy atom. The quantitative estimate of drug-likeness (QED) is 0.562. The average molecular weight is 293 g/mol. The molecule has 20 heavy (non-hydrogen) atoms. The van der Waals surface area contributed by atoms with Gasteiger partial charge in [-0.3, -0.25) is 5.43 Å². The van der Waals surface area contributed by atoms with E-state index >= 15 is 0 Å². The normalized spacial score (nSPS) is 14.2. The van der Waals surface area contributed by atoms with Gasteiger partial charge in [0.05, 0.1) is 5.39 Å². The molecule has 4 N–H and O–H groups in total. The molecular formula is C14H23N5S. The highest BCUT2D eigenvalue weighted by atomic mass is 32.1. The molecule has 6 heteroatoms. The van der Waals surface area contributed by atoms with Crippen molar-refractivity contribution in [3.63, 3.8) is 0 Å². The Morgan fingerprint density at radius 1 is 1.30 bits per heavy atom. The van der Waals surface area contributed by atoms with Crippen LogP contribution in [0.25, 0.3) is 10.2 Å². The third-order valence-electron chi connectivity index (χ3n) is 3.78. The number of hydrogen-bond acceptors (Lipinski definition) is 6. The van der Waals surface area contributed by atoms with Crippen molar-refractivity contribution in [2.45, 2.75) is 46.6 Å². The lowest BCUT2D eigenvalue weighted by Crippen LogP contribution is -2.24. The second-order valence-electron chi connectivity index (χ2n) is 5.14. The lowest BCUT2D eigenvalue weighted by molar-refractivity contribution is 0.494. The van der Waals surface area contributed by atoms with Gasteiger partial charge in [-0.05, 0) is 25.3 Å². The fourth-order valence-corrected chi connectivity index (χ4v) is 3.00. The minimum atomic E-state index is 0.355. The van der Waals surface area contributed by atoms with Crippen LogP contribution in [-0.2, 0) is 6.42 Å². The second-order valence-corrected chi connectivity index (χ2v) is 6.26. The van der Waals surface area contributed by atoms with Crippen molar-refractivity contribution >= 4 is 33.3 Å². The Hall–Kier alpha value is -1.40. The molecule has 5 nitrogen and oxygen atoms in total. The van der Waals surface area contributed by atoms with Crippen molar-refractivity contribution in [3.05, 3.63) is 10.9 Å². The number of thiophene rings is 1. The van der Waals surface area contributed by atoms with Crippen LogP contribution >= 0.6 is 11.3 Å². The van der Waals surface area contributed by atoms with Gasteiger partial charge in [-0.25, -0.2) is 10.8 Å². The molecule has 2 heterocycles. The van der Waals surface area contributed by atoms with Gasteiger partial charge in [-0.1, -0.05) is 27.2 Å². The smallest absolute Gasteiger partial charge is 0.240 e. The monoisotopic (exact) mass is 293 g/mol. The van der Waals surface area contributed by atoms with Gasteiger partial charge >= 0.3 is 0 Å². The van der Waals surface area contributed by atoms with Gasteiger partial charge in [0.15, 0.2) is 0 Å². The molecule has 2 aromatic rings. The Morgan fingerprint density at radius 3 is 2.65 bits per heavy atom. The topological polar surface area (TPSA) is 75.9 Å². The summed E-state index contributed by atoms with van der Waals surface area (Å²) in [6.07, 6.45) is 2.14. The van der Waals surface area contributed by atoms with Crippen LogP contribution in [0.15, 0.2) is 6.07 Å². The van der Waals surface area contributed by atoms with E-state index in [4.69, 9.17) is 5.84 Å². The summed E-state index contributed by atoms with van der Waals surface area (Å²) in [6.45, 7) is 8.77. The second kappa shape index (κ2) is 6.37. The third-order valence-corrected chi connectivity index (χ3v) is 4.96. The maximum atomic E-state index is 5.47. The van der Waals surface area contributed by atoms with Crippen molar-refractivity contribution in [2.24, 2.45) is 11.8 Å². The summed E-state index contributed by atoms with van der Waals surface area (Å²) in [7, 11) is 0. The summed E-state index contributed by atoms with van der Waals surface area (Å²) in [5, 5.41) is 4.59. The van der Waals surface area contributed by atoms with E-state index in [0.29, 0.717) is 17.9 Å². The van der Waals surface area contributed by atoms with Crippen molar-refractivity contribution in [1.29, 1.82) is 0 Å². The molecule has 0 amide bonds. The van der Waals surface area contributed by atoms with E-state index < -0.39 is 0 Å². The maximum Gasteiger partial charge on any atom is 0.240 e. The van der Waals surface area contributed by atoms with E-state index in [2.05, 4.69) is 54.5 Å². The number of aromatic nitrogens is 2. The molecule has 2 aromatic heterocycles. The van der Waals surface area contributed by atoms with Gasteiger partial charge < -0.3 is 5.32 Å². The summed E-state index contributed by atoms with van der Waals surface area (Å²) in [4.78, 5) is 11.2. The number of nitrogens with one attached hydrogen (secondary N) is 2. The molecule has 2 rings (SSSR count). The fourth-order valence-electron chi connectivity index (χ4n) is 2.03. The predicted octanol–water partition coefficient (Wildman–Crippen LogP) is 3.39. The van der Waals surface area contributed by atoms with Crippen molar-refractivity contribution < 1.29 is 0 Å². The number of aryl methyl sites for hydroxylation is 1. The first-order valence-corrected chi connectivity index (χ1v) is 7.94. The van der Waals surface area contributed by atoms with Crippen molar-refractivity contribution in [1.82, 2.24) is 9.97 Å². The van der Waals surface area contributed by atoms with Gasteiger partial charge in [0.1, 0.15) is 10.6 Å². The molecule has 2 atom stereocenters. The summed E-state index contributed by atoms with van der Waals surface area (Å²) in [5.74, 6) is 7.38. The number of rotatable bonds is 6. The van der Waals surface area contributed by atoms with E-state index in [0.717, 1.165) is 28.9 Å². The van der Waals surface area contributed by atoms with Gasteiger partial charge in [-0.2, -0.15) is 4.98 Å². The van der Waals surface area contributed by atoms with E-state index in [1.54, 1.807) is 11.3 Å². The maximum absolute atomic E-state index is 5.47. The van der Waals surface area contributed by atoms with Crippen molar-refractivity contribution in [2.75, 3.05) is 10.7 Å². The highest BCUT2D eigenvalue weighted by molar-refractivity contribution is 7.18. The average Bonchev–Trinajstić information content (AvgIpc) is 2.89. The van der Waals surface area contributed by atoms with Crippen LogP contribution < -0.4 is 16.6 Å². The summed E-state index contributed by atoms with van der Waals surface area (Å²) in [6, 6.07) is 2.53. The summed E-state index contributed by atoms with van der Waals surface area (Å²) < 4.78 is 0. The van der Waals surface area contributed by atoms with E-state index in [9.17, 15) is 0 Å². The Bertz CT molecular complexity index is 580. The number of nitrogens with two attached hydrogens (primary N) is 1. The van der Waals surface area contributed by atoms with Gasteiger partial charge in [0.2, 0.25) is 5.95 Å². The van der Waals surface area contributed by atoms with Crippen LogP contribution in [0.3, 0.4) is 0 Å². The molecule has 0 saturated carbocycles. The molecule has 0 aliphatic rings. The van der Waals surface area contributed by atoms with Gasteiger partial charge in [-0.15, -0.1) is 11.3 Å². The molecular weight excluding hydrogens is 270 g/mol. The Balaban J connectivity index is 2.41. The van der Waals surface area contributed by atoms with Gasteiger partial charge in [0, 0.05) is 10.9 Å². The predicted molar refractivity (Wildman–Crippen MR) is 87.1 cm³/mol. The lowest BCUT2D eigenvalue weighted by atomic mass is 10.0. The number of hydrogen-bond donors (Lipinski definition) is 3. The van der Waals surface area contributed by atoms with Crippen molar-refractivity contribution in [3.8, 4) is 0 Å². The number of nitrogens with zero attached hydrogens (tertiary/aromatic N) is 2. The third kappa shape index (κ3) is 3.02. The van der Waals surface area contributed by atoms with E-state index in [1.165, 1.54) is 4.88 Å². The minimum Gasteiger partial charge on any atom is -0.367 e. The first-order valence-electron chi connectivity index (χ1n) is 7.12. The zero-order valence-corrected chi connectivity index (χ0v) is 13.3. The molecule has 0 spiro atoms. The van der Waals surface area contributed by atoms with Crippen LogP contribution in [0.2, 0.25) is 0 Å². The van der Waals surface area contributed by atoms with Crippen LogP contribution in [0.4, 0.5) is 11.8 Å². The van der Waals surface area contributed by atoms with E-state index in [1.807, 2.05) is 0 Å². The number of hydrazine groups is 1. The standard InChI is InChI=1S/C14H23N5S/c1-5-8(3)9(4)16-12-11-7-10(6-2)20-13(11)18-14(17-12)19-15/h7-9H,5-6,15H2,1-4H3,(H2,16,17,18,19). The Kier molecular flexibility index (Phi) is 4.77. The highest BCUT2D eigenvalue weighted by Crippen LogP contribution is 2.31. The molecule has 0 bridgehead atoms. The first-order chi connectivity index (χ1) is 9.58. The molecule has 0 radical (unpaired) electrons. The Labute approximate surface area is 124 Å². The highest BCUT2D eigenvalue weighted by Gasteiger charge is 2.15. The summed E-state index contributed by atoms with van der Waals surface area (Å²) in [5.41, 5.74) is 2.55. The largest absolute Gasteiger partial charge is 0.367 e. The molecule has 0 aliphatic heterocycles. The summed E-state index contributed by atoms with van der Waals surface area (Å²) >= 11 is 1.70. The number of nitrogen functional groups attached to an aromatic ring is 1. The van der Waals surface area contributed by atoms with E-state index in [-0.39, 0.29) is 0 Å². The van der Waals surface area contributed by atoms with Crippen LogP contribution in [0.1, 0.15) is 39.0 Å².